The number of anilines is 1. The highest BCUT2D eigenvalue weighted by molar-refractivity contribution is 5.94. The van der Waals surface area contributed by atoms with Crippen LogP contribution >= 0.6 is 0 Å². The number of hydrogen-bond donors (Lipinski definition) is 2. The number of aryl methyl sites for hydroxylation is 1. The molecule has 4 heteroatoms. The Morgan fingerprint density at radius 1 is 1.24 bits per heavy atom. The number of nitrogens with zero attached hydrogens (tertiary/aromatic N) is 2. The Morgan fingerprint density at radius 2 is 2.12 bits per heavy atom. The lowest BCUT2D eigenvalue weighted by Gasteiger charge is -2.04. The minimum absolute atomic E-state index is 0.755. The zero-order chi connectivity index (χ0) is 11.8. The molecule has 0 aliphatic heterocycles. The van der Waals surface area contributed by atoms with E-state index in [1.54, 1.807) is 6.20 Å². The summed E-state index contributed by atoms with van der Waals surface area (Å²) in [7, 11) is 0. The fourth-order valence-corrected chi connectivity index (χ4v) is 1.95. The SMILES string of the molecule is Cc1[nH]ncc1-c1cc2cccc(N)c2cn1. The maximum atomic E-state index is 5.90. The molecule has 0 bridgehead atoms. The van der Waals surface area contributed by atoms with Crippen LogP contribution in [0.3, 0.4) is 0 Å². The van der Waals surface area contributed by atoms with Gasteiger partial charge in [-0.3, -0.25) is 10.1 Å². The van der Waals surface area contributed by atoms with E-state index in [-0.39, 0.29) is 0 Å². The number of pyridine rings is 1. The van der Waals surface area contributed by atoms with E-state index in [2.05, 4.69) is 15.2 Å². The lowest BCUT2D eigenvalue weighted by molar-refractivity contribution is 1.05. The maximum Gasteiger partial charge on any atom is 0.0742 e. The predicted molar refractivity (Wildman–Crippen MR) is 68.5 cm³/mol. The van der Waals surface area contributed by atoms with Gasteiger partial charge in [-0.1, -0.05) is 12.1 Å². The number of H-pyrrole nitrogens is 1. The molecule has 0 aliphatic rings. The first-order chi connectivity index (χ1) is 8.25. The third kappa shape index (κ3) is 1.54. The fourth-order valence-electron chi connectivity index (χ4n) is 1.95. The first kappa shape index (κ1) is 9.84. The van der Waals surface area contributed by atoms with Crippen LogP contribution < -0.4 is 5.73 Å². The smallest absolute Gasteiger partial charge is 0.0742 e. The minimum Gasteiger partial charge on any atom is -0.398 e. The molecule has 0 aliphatic carbocycles. The average molecular weight is 224 g/mol. The molecule has 0 spiro atoms. The fraction of sp³-hybridized carbons (Fsp3) is 0.0769. The zero-order valence-electron chi connectivity index (χ0n) is 9.44. The second kappa shape index (κ2) is 3.59. The van der Waals surface area contributed by atoms with Gasteiger partial charge in [0.2, 0.25) is 0 Å². The summed E-state index contributed by atoms with van der Waals surface area (Å²) in [5.74, 6) is 0. The van der Waals surface area contributed by atoms with Crippen molar-refractivity contribution in [2.24, 2.45) is 0 Å². The Morgan fingerprint density at radius 3 is 2.88 bits per heavy atom. The molecule has 17 heavy (non-hydrogen) atoms. The van der Waals surface area contributed by atoms with Gasteiger partial charge in [-0.15, -0.1) is 0 Å². The number of benzene rings is 1. The van der Waals surface area contributed by atoms with Crippen LogP contribution in [0.1, 0.15) is 5.69 Å². The lowest BCUT2D eigenvalue weighted by atomic mass is 10.1. The van der Waals surface area contributed by atoms with Crippen molar-refractivity contribution in [3.05, 3.63) is 42.4 Å². The van der Waals surface area contributed by atoms with Gasteiger partial charge in [0.05, 0.1) is 11.9 Å². The Bertz CT molecular complexity index is 685. The van der Waals surface area contributed by atoms with E-state index in [4.69, 9.17) is 5.73 Å². The van der Waals surface area contributed by atoms with Crippen molar-refractivity contribution in [1.29, 1.82) is 0 Å². The van der Waals surface area contributed by atoms with Crippen LogP contribution in [0.4, 0.5) is 5.69 Å². The number of aromatic amines is 1. The van der Waals surface area contributed by atoms with Gasteiger partial charge in [-0.25, -0.2) is 0 Å². The molecule has 4 nitrogen and oxygen atoms in total. The molecule has 84 valence electrons. The lowest BCUT2D eigenvalue weighted by Crippen LogP contribution is -1.89. The Kier molecular flexibility index (Phi) is 2.08. The molecule has 0 saturated carbocycles. The molecule has 2 aromatic heterocycles. The molecule has 0 saturated heterocycles. The summed E-state index contributed by atoms with van der Waals surface area (Å²) in [5.41, 5.74) is 9.60. The number of nitrogens with one attached hydrogen (secondary N) is 1. The highest BCUT2D eigenvalue weighted by Gasteiger charge is 2.06. The summed E-state index contributed by atoms with van der Waals surface area (Å²) in [6.07, 6.45) is 3.60. The van der Waals surface area contributed by atoms with Crippen LogP contribution in [-0.2, 0) is 0 Å². The van der Waals surface area contributed by atoms with Crippen LogP contribution in [0.15, 0.2) is 36.7 Å². The van der Waals surface area contributed by atoms with E-state index >= 15 is 0 Å². The second-order valence-electron chi connectivity index (χ2n) is 4.05. The quantitative estimate of drug-likeness (QED) is 0.624. The number of rotatable bonds is 1. The summed E-state index contributed by atoms with van der Waals surface area (Å²) in [6, 6.07) is 7.90. The van der Waals surface area contributed by atoms with Gasteiger partial charge in [0, 0.05) is 28.5 Å². The third-order valence-corrected chi connectivity index (χ3v) is 2.90. The van der Waals surface area contributed by atoms with Crippen molar-refractivity contribution in [1.82, 2.24) is 15.2 Å². The normalized spacial score (nSPS) is 10.9. The third-order valence-electron chi connectivity index (χ3n) is 2.90. The van der Waals surface area contributed by atoms with Crippen molar-refractivity contribution in [2.75, 3.05) is 5.73 Å². The molecule has 2 heterocycles. The highest BCUT2D eigenvalue weighted by atomic mass is 15.1. The molecule has 0 unspecified atom stereocenters. The number of hydrogen-bond acceptors (Lipinski definition) is 3. The van der Waals surface area contributed by atoms with Gasteiger partial charge in [-0.2, -0.15) is 5.10 Å². The summed E-state index contributed by atoms with van der Waals surface area (Å²) in [6.45, 7) is 1.98. The first-order valence-corrected chi connectivity index (χ1v) is 5.40. The number of aromatic nitrogens is 3. The molecule has 3 aromatic rings. The van der Waals surface area contributed by atoms with Gasteiger partial charge >= 0.3 is 0 Å². The molecule has 1 aromatic carbocycles. The standard InChI is InChI=1S/C13H12N4/c1-8-10(7-16-17-8)13-5-9-3-2-4-12(14)11(9)6-15-13/h2-7H,14H2,1H3,(H,16,17). The van der Waals surface area contributed by atoms with E-state index in [1.807, 2.05) is 37.4 Å². The van der Waals surface area contributed by atoms with Crippen LogP contribution in [-0.4, -0.2) is 15.2 Å². The zero-order valence-corrected chi connectivity index (χ0v) is 9.44. The van der Waals surface area contributed by atoms with Crippen molar-refractivity contribution in [3.8, 4) is 11.3 Å². The molecule has 3 rings (SSSR count). The average Bonchev–Trinajstić information content (AvgIpc) is 2.75. The Hall–Kier alpha value is -2.36. The number of nitrogen functional groups attached to an aromatic ring is 1. The number of fused-ring (bicyclic) bond motifs is 1. The van der Waals surface area contributed by atoms with E-state index in [0.717, 1.165) is 33.4 Å². The van der Waals surface area contributed by atoms with Crippen LogP contribution in [0.2, 0.25) is 0 Å². The van der Waals surface area contributed by atoms with Gasteiger partial charge < -0.3 is 5.73 Å². The van der Waals surface area contributed by atoms with Crippen LogP contribution in [0.25, 0.3) is 22.0 Å². The monoisotopic (exact) mass is 224 g/mol. The van der Waals surface area contributed by atoms with Gasteiger partial charge in [-0.05, 0) is 24.4 Å². The van der Waals surface area contributed by atoms with Gasteiger partial charge in [0.1, 0.15) is 0 Å². The molecule has 0 fully saturated rings. The van der Waals surface area contributed by atoms with Gasteiger partial charge in [0.25, 0.3) is 0 Å². The van der Waals surface area contributed by atoms with Crippen molar-refractivity contribution in [2.45, 2.75) is 6.92 Å². The summed E-state index contributed by atoms with van der Waals surface area (Å²) < 4.78 is 0. The van der Waals surface area contributed by atoms with Crippen molar-refractivity contribution >= 4 is 16.5 Å². The highest BCUT2D eigenvalue weighted by Crippen LogP contribution is 2.25. The Balaban J connectivity index is 2.24. The van der Waals surface area contributed by atoms with Crippen LogP contribution in [0, 0.1) is 6.92 Å². The number of nitrogens with two attached hydrogens (primary N) is 1. The Labute approximate surface area is 98.5 Å². The van der Waals surface area contributed by atoms with E-state index in [9.17, 15) is 0 Å². The van der Waals surface area contributed by atoms with Gasteiger partial charge in [0.15, 0.2) is 0 Å². The van der Waals surface area contributed by atoms with Crippen molar-refractivity contribution in [3.63, 3.8) is 0 Å². The topological polar surface area (TPSA) is 67.6 Å². The van der Waals surface area contributed by atoms with E-state index < -0.39 is 0 Å². The molecular formula is C13H12N4. The largest absolute Gasteiger partial charge is 0.398 e. The summed E-state index contributed by atoms with van der Waals surface area (Å²) in [4.78, 5) is 4.43. The predicted octanol–water partition coefficient (Wildman–Crippen LogP) is 2.52. The first-order valence-electron chi connectivity index (χ1n) is 5.40. The minimum atomic E-state index is 0.755. The van der Waals surface area contributed by atoms with Crippen LogP contribution in [0.5, 0.6) is 0 Å². The molecule has 0 atom stereocenters. The maximum absolute atomic E-state index is 5.90. The summed E-state index contributed by atoms with van der Waals surface area (Å²) >= 11 is 0. The molecule has 0 radical (unpaired) electrons. The molecular weight excluding hydrogens is 212 g/mol. The van der Waals surface area contributed by atoms with Crippen molar-refractivity contribution < 1.29 is 0 Å². The second-order valence-corrected chi connectivity index (χ2v) is 4.05. The van der Waals surface area contributed by atoms with E-state index in [0.29, 0.717) is 0 Å². The molecule has 3 N–H and O–H groups in total. The van der Waals surface area contributed by atoms with E-state index in [1.165, 1.54) is 0 Å². The molecule has 0 amide bonds. The summed E-state index contributed by atoms with van der Waals surface area (Å²) in [5, 5.41) is 8.99.